The topological polar surface area (TPSA) is 73.9 Å². The first-order chi connectivity index (χ1) is 15.0. The molecular weight excluding hydrogens is 392 g/mol. The molecular formula is C24H32N4O3. The van der Waals surface area contributed by atoms with Gasteiger partial charge in [-0.3, -0.25) is 14.5 Å². The van der Waals surface area contributed by atoms with Crippen LogP contribution in [-0.4, -0.2) is 68.5 Å². The zero-order valence-corrected chi connectivity index (χ0v) is 18.6. The van der Waals surface area contributed by atoms with Crippen LogP contribution < -0.4 is 15.4 Å². The van der Waals surface area contributed by atoms with E-state index in [0.717, 1.165) is 43.9 Å². The van der Waals surface area contributed by atoms with Crippen LogP contribution in [0.2, 0.25) is 0 Å². The molecule has 3 rings (SSSR count). The molecule has 0 bridgehead atoms. The fourth-order valence-corrected chi connectivity index (χ4v) is 3.70. The standard InChI is InChI=1S/C24H32N4O3/c1-4-18-5-9-20(10-6-18)26-24(30)23(29)25-17-22(28-15-13-27(2)14-16-28)19-7-11-21(31-3)12-8-19/h5-12,22H,4,13-17H2,1-3H3,(H,25,29)(H,26,30)/t22-/m1/s1. The Labute approximate surface area is 184 Å². The molecule has 0 unspecified atom stereocenters. The molecule has 2 aromatic rings. The van der Waals surface area contributed by atoms with Crippen molar-refractivity contribution in [3.05, 3.63) is 59.7 Å². The Morgan fingerprint density at radius 3 is 2.19 bits per heavy atom. The normalized spacial score (nSPS) is 15.8. The quantitative estimate of drug-likeness (QED) is 0.668. The van der Waals surface area contributed by atoms with Gasteiger partial charge in [0.2, 0.25) is 0 Å². The number of carbonyl (C=O) groups is 2. The van der Waals surface area contributed by atoms with Crippen molar-refractivity contribution >= 4 is 17.5 Å². The summed E-state index contributed by atoms with van der Waals surface area (Å²) < 4.78 is 5.27. The number of carbonyl (C=O) groups excluding carboxylic acids is 2. The van der Waals surface area contributed by atoms with Crippen LogP contribution in [0.5, 0.6) is 5.75 Å². The fourth-order valence-electron chi connectivity index (χ4n) is 3.70. The van der Waals surface area contributed by atoms with Gasteiger partial charge in [-0.1, -0.05) is 31.2 Å². The molecule has 166 valence electrons. The highest BCUT2D eigenvalue weighted by Crippen LogP contribution is 2.24. The Balaban J connectivity index is 1.63. The van der Waals surface area contributed by atoms with Crippen LogP contribution in [0, 0.1) is 0 Å². The summed E-state index contributed by atoms with van der Waals surface area (Å²) in [5, 5.41) is 5.49. The van der Waals surface area contributed by atoms with E-state index in [1.807, 2.05) is 48.5 Å². The lowest BCUT2D eigenvalue weighted by Crippen LogP contribution is -2.49. The first kappa shape index (κ1) is 22.8. The number of amides is 2. The van der Waals surface area contributed by atoms with E-state index in [9.17, 15) is 9.59 Å². The van der Waals surface area contributed by atoms with Crippen LogP contribution in [0.15, 0.2) is 48.5 Å². The number of anilines is 1. The fraction of sp³-hybridized carbons (Fsp3) is 0.417. The predicted molar refractivity (Wildman–Crippen MR) is 122 cm³/mol. The van der Waals surface area contributed by atoms with Crippen LogP contribution in [0.4, 0.5) is 5.69 Å². The highest BCUT2D eigenvalue weighted by molar-refractivity contribution is 6.39. The highest BCUT2D eigenvalue weighted by Gasteiger charge is 2.25. The third kappa shape index (κ3) is 6.29. The molecule has 1 aliphatic rings. The summed E-state index contributed by atoms with van der Waals surface area (Å²) in [5.41, 5.74) is 2.88. The number of piperazine rings is 1. The average Bonchev–Trinajstić information content (AvgIpc) is 2.81. The zero-order chi connectivity index (χ0) is 22.2. The zero-order valence-electron chi connectivity index (χ0n) is 18.6. The van der Waals surface area contributed by atoms with E-state index in [4.69, 9.17) is 4.74 Å². The minimum absolute atomic E-state index is 0.0137. The number of benzene rings is 2. The molecule has 1 aliphatic heterocycles. The number of likely N-dealkylation sites (N-methyl/N-ethyl adjacent to an activating group) is 1. The molecule has 31 heavy (non-hydrogen) atoms. The van der Waals surface area contributed by atoms with Crippen molar-refractivity contribution < 1.29 is 14.3 Å². The van der Waals surface area contributed by atoms with Gasteiger partial charge in [0.25, 0.3) is 0 Å². The van der Waals surface area contributed by atoms with Crippen LogP contribution >= 0.6 is 0 Å². The van der Waals surface area contributed by atoms with Crippen molar-refractivity contribution in [1.29, 1.82) is 0 Å². The molecule has 1 heterocycles. The van der Waals surface area contributed by atoms with E-state index in [1.165, 1.54) is 5.56 Å². The summed E-state index contributed by atoms with van der Waals surface area (Å²) >= 11 is 0. The Hall–Kier alpha value is -2.90. The monoisotopic (exact) mass is 424 g/mol. The van der Waals surface area contributed by atoms with Crippen LogP contribution in [-0.2, 0) is 16.0 Å². The summed E-state index contributed by atoms with van der Waals surface area (Å²) in [6.45, 7) is 6.17. The second kappa shape index (κ2) is 10.9. The van der Waals surface area contributed by atoms with Gasteiger partial charge in [0.1, 0.15) is 5.75 Å². The number of hydrogen-bond donors (Lipinski definition) is 2. The van der Waals surface area contributed by atoms with Gasteiger partial charge in [0.05, 0.1) is 13.2 Å². The summed E-state index contributed by atoms with van der Waals surface area (Å²) in [4.78, 5) is 29.5. The smallest absolute Gasteiger partial charge is 0.313 e. The molecule has 0 aromatic heterocycles. The van der Waals surface area contributed by atoms with Gasteiger partial charge in [-0.05, 0) is 48.9 Å². The highest BCUT2D eigenvalue weighted by atomic mass is 16.5. The second-order valence-electron chi connectivity index (χ2n) is 7.84. The maximum absolute atomic E-state index is 12.5. The van der Waals surface area contributed by atoms with Gasteiger partial charge in [-0.25, -0.2) is 0 Å². The van der Waals surface area contributed by atoms with E-state index >= 15 is 0 Å². The van der Waals surface area contributed by atoms with Crippen LogP contribution in [0.3, 0.4) is 0 Å². The van der Waals surface area contributed by atoms with Crippen molar-refractivity contribution in [2.24, 2.45) is 0 Å². The van der Waals surface area contributed by atoms with Crippen molar-refractivity contribution in [1.82, 2.24) is 15.1 Å². The number of rotatable bonds is 7. The summed E-state index contributed by atoms with van der Waals surface area (Å²) in [6, 6.07) is 15.4. The largest absolute Gasteiger partial charge is 0.497 e. The Morgan fingerprint density at radius 1 is 0.968 bits per heavy atom. The Morgan fingerprint density at radius 2 is 1.61 bits per heavy atom. The minimum atomic E-state index is -0.656. The molecule has 1 fully saturated rings. The van der Waals surface area contributed by atoms with Crippen molar-refractivity contribution in [2.45, 2.75) is 19.4 Å². The van der Waals surface area contributed by atoms with Gasteiger partial charge in [0.15, 0.2) is 0 Å². The van der Waals surface area contributed by atoms with Crippen LogP contribution in [0.1, 0.15) is 24.1 Å². The van der Waals surface area contributed by atoms with Gasteiger partial charge >= 0.3 is 11.8 Å². The SMILES string of the molecule is CCc1ccc(NC(=O)C(=O)NC[C@H](c2ccc(OC)cc2)N2CCN(C)CC2)cc1. The minimum Gasteiger partial charge on any atom is -0.497 e. The third-order valence-corrected chi connectivity index (χ3v) is 5.76. The van der Waals surface area contributed by atoms with E-state index in [0.29, 0.717) is 12.2 Å². The molecule has 7 nitrogen and oxygen atoms in total. The Bertz CT molecular complexity index is 859. The predicted octanol–water partition coefficient (Wildman–Crippen LogP) is 2.30. The summed E-state index contributed by atoms with van der Waals surface area (Å²) in [7, 11) is 3.75. The molecule has 0 saturated carbocycles. The maximum Gasteiger partial charge on any atom is 0.313 e. The number of ether oxygens (including phenoxy) is 1. The number of nitrogens with zero attached hydrogens (tertiary/aromatic N) is 2. The van der Waals surface area contributed by atoms with Gasteiger partial charge < -0.3 is 20.3 Å². The first-order valence-electron chi connectivity index (χ1n) is 10.7. The van der Waals surface area contributed by atoms with Crippen LogP contribution in [0.25, 0.3) is 0 Å². The molecule has 2 amide bonds. The van der Waals surface area contributed by atoms with E-state index < -0.39 is 11.8 Å². The second-order valence-corrected chi connectivity index (χ2v) is 7.84. The number of methoxy groups -OCH3 is 1. The lowest BCUT2D eigenvalue weighted by atomic mass is 10.0. The lowest BCUT2D eigenvalue weighted by Gasteiger charge is -2.38. The first-order valence-corrected chi connectivity index (χ1v) is 10.7. The molecule has 7 heteroatoms. The molecule has 0 radical (unpaired) electrons. The lowest BCUT2D eigenvalue weighted by molar-refractivity contribution is -0.136. The van der Waals surface area contributed by atoms with Crippen molar-refractivity contribution in [2.75, 3.05) is 52.2 Å². The number of nitrogens with one attached hydrogen (secondary N) is 2. The van der Waals surface area contributed by atoms with Gasteiger partial charge in [-0.15, -0.1) is 0 Å². The molecule has 0 aliphatic carbocycles. The van der Waals surface area contributed by atoms with E-state index in [-0.39, 0.29) is 6.04 Å². The van der Waals surface area contributed by atoms with Gasteiger partial charge in [-0.2, -0.15) is 0 Å². The molecule has 2 N–H and O–H groups in total. The molecule has 1 saturated heterocycles. The maximum atomic E-state index is 12.5. The molecule has 0 spiro atoms. The third-order valence-electron chi connectivity index (χ3n) is 5.76. The molecule has 1 atom stereocenters. The summed E-state index contributed by atoms with van der Waals surface area (Å²) in [5.74, 6) is -0.498. The van der Waals surface area contributed by atoms with E-state index in [2.05, 4.69) is 34.4 Å². The number of aryl methyl sites for hydroxylation is 1. The van der Waals surface area contributed by atoms with Crippen molar-refractivity contribution in [3.8, 4) is 5.75 Å². The van der Waals surface area contributed by atoms with Crippen molar-refractivity contribution in [3.63, 3.8) is 0 Å². The number of hydrogen-bond acceptors (Lipinski definition) is 5. The van der Waals surface area contributed by atoms with E-state index in [1.54, 1.807) is 7.11 Å². The summed E-state index contributed by atoms with van der Waals surface area (Å²) in [6.07, 6.45) is 0.924. The Kier molecular flexibility index (Phi) is 8.03. The van der Waals surface area contributed by atoms with Gasteiger partial charge in [0, 0.05) is 38.4 Å². The average molecular weight is 425 g/mol. The molecule has 2 aromatic carbocycles.